The van der Waals surface area contributed by atoms with Crippen LogP contribution in [0.4, 0.5) is 0 Å². The maximum Gasteiger partial charge on any atom is 0.0727 e. The van der Waals surface area contributed by atoms with E-state index in [1.165, 1.54) is 32.1 Å². The maximum absolute atomic E-state index is 5.86. The molecule has 0 aromatic heterocycles. The van der Waals surface area contributed by atoms with Crippen molar-refractivity contribution in [3.63, 3.8) is 0 Å². The average molecular weight is 213 g/mol. The second-order valence-corrected chi connectivity index (χ2v) is 4.63. The average Bonchev–Trinajstić information content (AvgIpc) is 3.01. The van der Waals surface area contributed by atoms with Crippen LogP contribution in [-0.4, -0.2) is 25.3 Å². The summed E-state index contributed by atoms with van der Waals surface area (Å²) in [4.78, 5) is 0. The minimum absolute atomic E-state index is 0.431. The predicted molar refractivity (Wildman–Crippen MR) is 65.1 cm³/mol. The summed E-state index contributed by atoms with van der Waals surface area (Å²) in [6, 6.07) is 0.586. The summed E-state index contributed by atoms with van der Waals surface area (Å²) in [6.07, 6.45) is 7.04. The summed E-state index contributed by atoms with van der Waals surface area (Å²) < 4.78 is 5.86. The van der Waals surface area contributed by atoms with Crippen molar-refractivity contribution in [1.82, 2.24) is 5.32 Å². The molecule has 0 amide bonds. The summed E-state index contributed by atoms with van der Waals surface area (Å²) >= 11 is 0. The highest BCUT2D eigenvalue weighted by molar-refractivity contribution is 4.84. The van der Waals surface area contributed by atoms with Crippen LogP contribution in [0.1, 0.15) is 52.9 Å². The van der Waals surface area contributed by atoms with Crippen LogP contribution in [0.25, 0.3) is 0 Å². The standard InChI is InChI=1S/C13H27NO/c1-4-7-13(15-6-3)12(14-5-2)10-11-8-9-11/h11-14H,4-10H2,1-3H3. The topological polar surface area (TPSA) is 21.3 Å². The van der Waals surface area contributed by atoms with Crippen molar-refractivity contribution in [2.45, 2.75) is 65.0 Å². The van der Waals surface area contributed by atoms with Gasteiger partial charge in [0.1, 0.15) is 0 Å². The minimum atomic E-state index is 0.431. The molecular formula is C13H27NO. The van der Waals surface area contributed by atoms with Gasteiger partial charge in [-0.1, -0.05) is 33.1 Å². The van der Waals surface area contributed by atoms with Gasteiger partial charge in [-0.2, -0.15) is 0 Å². The van der Waals surface area contributed by atoms with Crippen LogP contribution in [0.5, 0.6) is 0 Å². The van der Waals surface area contributed by atoms with Gasteiger partial charge in [-0.25, -0.2) is 0 Å². The molecule has 2 atom stereocenters. The molecule has 2 nitrogen and oxygen atoms in total. The van der Waals surface area contributed by atoms with Crippen LogP contribution in [-0.2, 0) is 4.74 Å². The van der Waals surface area contributed by atoms with Crippen molar-refractivity contribution < 1.29 is 4.74 Å². The Balaban J connectivity index is 2.38. The molecule has 1 N–H and O–H groups in total. The summed E-state index contributed by atoms with van der Waals surface area (Å²) in [5, 5.41) is 3.60. The van der Waals surface area contributed by atoms with Crippen molar-refractivity contribution >= 4 is 0 Å². The number of ether oxygens (including phenoxy) is 1. The quantitative estimate of drug-likeness (QED) is 0.636. The fraction of sp³-hybridized carbons (Fsp3) is 1.00. The molecule has 0 heterocycles. The van der Waals surface area contributed by atoms with Crippen molar-refractivity contribution in [1.29, 1.82) is 0 Å². The molecule has 0 saturated heterocycles. The SMILES string of the molecule is CCCC(OCC)C(CC1CC1)NCC. The van der Waals surface area contributed by atoms with Gasteiger partial charge in [0.2, 0.25) is 0 Å². The lowest BCUT2D eigenvalue weighted by Crippen LogP contribution is -2.41. The van der Waals surface area contributed by atoms with E-state index in [2.05, 4.69) is 26.1 Å². The summed E-state index contributed by atoms with van der Waals surface area (Å²) in [5.74, 6) is 0.980. The molecule has 1 aliphatic rings. The number of rotatable bonds is 9. The molecule has 2 heteroatoms. The summed E-state index contributed by atoms with van der Waals surface area (Å²) in [5.41, 5.74) is 0. The molecule has 0 radical (unpaired) electrons. The van der Waals surface area contributed by atoms with Gasteiger partial charge in [-0.3, -0.25) is 0 Å². The molecule has 0 aromatic carbocycles. The molecule has 1 aliphatic carbocycles. The first-order valence-electron chi connectivity index (χ1n) is 6.66. The van der Waals surface area contributed by atoms with E-state index < -0.39 is 0 Å². The third-order valence-corrected chi connectivity index (χ3v) is 3.15. The highest BCUT2D eigenvalue weighted by Gasteiger charge is 2.29. The predicted octanol–water partition coefficient (Wildman–Crippen LogP) is 2.97. The van der Waals surface area contributed by atoms with E-state index in [0.29, 0.717) is 12.1 Å². The Kier molecular flexibility index (Phi) is 6.26. The molecule has 0 bridgehead atoms. The first-order valence-corrected chi connectivity index (χ1v) is 6.66. The zero-order valence-electron chi connectivity index (χ0n) is 10.6. The fourth-order valence-electron chi connectivity index (χ4n) is 2.24. The number of hydrogen-bond acceptors (Lipinski definition) is 2. The van der Waals surface area contributed by atoms with Gasteiger partial charge in [-0.05, 0) is 32.2 Å². The van der Waals surface area contributed by atoms with E-state index in [0.717, 1.165) is 19.1 Å². The number of hydrogen-bond donors (Lipinski definition) is 1. The van der Waals surface area contributed by atoms with Crippen LogP contribution in [0.2, 0.25) is 0 Å². The van der Waals surface area contributed by atoms with Crippen LogP contribution < -0.4 is 5.32 Å². The Bertz CT molecular complexity index is 151. The van der Waals surface area contributed by atoms with Gasteiger partial charge in [0.05, 0.1) is 6.10 Å². The molecule has 15 heavy (non-hydrogen) atoms. The van der Waals surface area contributed by atoms with Gasteiger partial charge >= 0.3 is 0 Å². The molecule has 1 saturated carbocycles. The zero-order valence-corrected chi connectivity index (χ0v) is 10.6. The number of likely N-dealkylation sites (N-methyl/N-ethyl adjacent to an activating group) is 1. The number of nitrogens with one attached hydrogen (secondary N) is 1. The van der Waals surface area contributed by atoms with Crippen LogP contribution in [0.15, 0.2) is 0 Å². The molecule has 0 spiro atoms. The zero-order chi connectivity index (χ0) is 11.1. The second-order valence-electron chi connectivity index (χ2n) is 4.63. The Labute approximate surface area is 94.8 Å². The lowest BCUT2D eigenvalue weighted by atomic mass is 10.0. The molecule has 0 aromatic rings. The summed E-state index contributed by atoms with van der Waals surface area (Å²) in [7, 11) is 0. The largest absolute Gasteiger partial charge is 0.377 e. The maximum atomic E-state index is 5.86. The van der Waals surface area contributed by atoms with E-state index in [1.54, 1.807) is 0 Å². The Hall–Kier alpha value is -0.0800. The normalized spacial score (nSPS) is 20.2. The fourth-order valence-corrected chi connectivity index (χ4v) is 2.24. The molecule has 2 unspecified atom stereocenters. The van der Waals surface area contributed by atoms with E-state index in [-0.39, 0.29) is 0 Å². The van der Waals surface area contributed by atoms with Crippen LogP contribution in [0.3, 0.4) is 0 Å². The Morgan fingerprint density at radius 1 is 1.27 bits per heavy atom. The highest BCUT2D eigenvalue weighted by atomic mass is 16.5. The molecule has 0 aliphatic heterocycles. The van der Waals surface area contributed by atoms with Gasteiger partial charge in [0, 0.05) is 12.6 Å². The molecule has 1 rings (SSSR count). The molecule has 90 valence electrons. The first-order chi connectivity index (χ1) is 7.31. The van der Waals surface area contributed by atoms with Crippen molar-refractivity contribution in [2.24, 2.45) is 5.92 Å². The van der Waals surface area contributed by atoms with Crippen molar-refractivity contribution in [3.05, 3.63) is 0 Å². The third kappa shape index (κ3) is 4.98. The van der Waals surface area contributed by atoms with Gasteiger partial charge in [-0.15, -0.1) is 0 Å². The molecular weight excluding hydrogens is 186 g/mol. The first kappa shape index (κ1) is 13.0. The van der Waals surface area contributed by atoms with E-state index in [4.69, 9.17) is 4.74 Å². The van der Waals surface area contributed by atoms with E-state index >= 15 is 0 Å². The summed E-state index contributed by atoms with van der Waals surface area (Å²) in [6.45, 7) is 8.44. The monoisotopic (exact) mass is 213 g/mol. The van der Waals surface area contributed by atoms with E-state index in [9.17, 15) is 0 Å². The van der Waals surface area contributed by atoms with Crippen LogP contribution in [0, 0.1) is 5.92 Å². The van der Waals surface area contributed by atoms with E-state index in [1.807, 2.05) is 0 Å². The lowest BCUT2D eigenvalue weighted by molar-refractivity contribution is 0.0249. The smallest absolute Gasteiger partial charge is 0.0727 e. The van der Waals surface area contributed by atoms with Crippen molar-refractivity contribution in [2.75, 3.05) is 13.2 Å². The van der Waals surface area contributed by atoms with Crippen molar-refractivity contribution in [3.8, 4) is 0 Å². The highest BCUT2D eigenvalue weighted by Crippen LogP contribution is 2.34. The van der Waals surface area contributed by atoms with Crippen LogP contribution >= 0.6 is 0 Å². The molecule has 1 fully saturated rings. The Morgan fingerprint density at radius 3 is 2.47 bits per heavy atom. The minimum Gasteiger partial charge on any atom is -0.377 e. The van der Waals surface area contributed by atoms with Gasteiger partial charge < -0.3 is 10.1 Å². The Morgan fingerprint density at radius 2 is 2.00 bits per heavy atom. The third-order valence-electron chi connectivity index (χ3n) is 3.15. The van der Waals surface area contributed by atoms with Gasteiger partial charge in [0.15, 0.2) is 0 Å². The van der Waals surface area contributed by atoms with Gasteiger partial charge in [0.25, 0.3) is 0 Å². The second kappa shape index (κ2) is 7.24. The lowest BCUT2D eigenvalue weighted by Gasteiger charge is -2.27.